The lowest BCUT2D eigenvalue weighted by atomic mass is 9.80. The maximum absolute atomic E-state index is 11.9. The lowest BCUT2D eigenvalue weighted by Crippen LogP contribution is -2.47. The van der Waals surface area contributed by atoms with Crippen LogP contribution in [0.4, 0.5) is 4.79 Å². The van der Waals surface area contributed by atoms with E-state index in [1.807, 2.05) is 20.8 Å². The third kappa shape index (κ3) is 9.16. The van der Waals surface area contributed by atoms with E-state index in [2.05, 4.69) is 27.1 Å². The molecule has 1 heterocycles. The normalized spacial score (nSPS) is 18.8. The standard InChI is InChI=1S/C19H35N5O4/c1-14(27-12-15(20)25)23-16(11-21-6)24-9-7-19(5,8-10-24)13-22-17(26)28-18(2,3)4/h11,14H,7-10,12-13H2,1-6H3,(H2,20,25)(H,22,26)/b21-11-,23-16+. The van der Waals surface area contributed by atoms with Gasteiger partial charge < -0.3 is 25.4 Å². The third-order valence-corrected chi connectivity index (χ3v) is 4.38. The van der Waals surface area contributed by atoms with Crippen LogP contribution >= 0.6 is 0 Å². The first-order valence-corrected chi connectivity index (χ1v) is 9.56. The van der Waals surface area contributed by atoms with Gasteiger partial charge in [0.05, 0.1) is 6.21 Å². The number of nitrogens with two attached hydrogens (primary N) is 1. The number of carbonyl (C=O) groups is 2. The Balaban J connectivity index is 2.61. The van der Waals surface area contributed by atoms with Gasteiger partial charge in [-0.15, -0.1) is 0 Å². The van der Waals surface area contributed by atoms with E-state index in [-0.39, 0.29) is 12.0 Å². The van der Waals surface area contributed by atoms with E-state index in [4.69, 9.17) is 15.2 Å². The molecule has 2 amide bonds. The number of carbonyl (C=O) groups excluding carboxylic acids is 2. The summed E-state index contributed by atoms with van der Waals surface area (Å²) < 4.78 is 10.6. The van der Waals surface area contributed by atoms with Crippen LogP contribution in [-0.4, -0.2) is 74.1 Å². The van der Waals surface area contributed by atoms with Crippen molar-refractivity contribution < 1.29 is 19.1 Å². The van der Waals surface area contributed by atoms with E-state index < -0.39 is 23.8 Å². The molecule has 1 atom stereocenters. The molecule has 0 aromatic rings. The van der Waals surface area contributed by atoms with E-state index in [1.165, 1.54) is 0 Å². The number of hydrogen-bond acceptors (Lipinski definition) is 6. The molecule has 1 unspecified atom stereocenters. The molecule has 0 aromatic heterocycles. The van der Waals surface area contributed by atoms with Gasteiger partial charge in [0.15, 0.2) is 0 Å². The van der Waals surface area contributed by atoms with Crippen LogP contribution in [0.2, 0.25) is 0 Å². The number of amidine groups is 1. The van der Waals surface area contributed by atoms with Crippen LogP contribution in [0, 0.1) is 5.41 Å². The maximum Gasteiger partial charge on any atom is 0.407 e. The van der Waals surface area contributed by atoms with Gasteiger partial charge in [-0.25, -0.2) is 9.79 Å². The average molecular weight is 398 g/mol. The number of amides is 2. The van der Waals surface area contributed by atoms with Crippen molar-refractivity contribution in [3.63, 3.8) is 0 Å². The van der Waals surface area contributed by atoms with Crippen molar-refractivity contribution in [2.24, 2.45) is 21.1 Å². The number of rotatable bonds is 7. The Hall–Kier alpha value is -2.16. The Morgan fingerprint density at radius 2 is 1.93 bits per heavy atom. The SMILES string of the molecule is C/N=C\C(=N/C(C)OCC(N)=O)N1CCC(C)(CNC(=O)OC(C)(C)C)CC1. The Labute approximate surface area is 167 Å². The molecule has 1 fully saturated rings. The molecule has 160 valence electrons. The van der Waals surface area contributed by atoms with Crippen molar-refractivity contribution >= 4 is 24.1 Å². The summed E-state index contributed by atoms with van der Waals surface area (Å²) in [5.41, 5.74) is 4.57. The molecule has 0 saturated carbocycles. The second-order valence-corrected chi connectivity index (χ2v) is 8.40. The van der Waals surface area contributed by atoms with Gasteiger partial charge in [0, 0.05) is 26.7 Å². The van der Waals surface area contributed by atoms with Crippen LogP contribution in [0.3, 0.4) is 0 Å². The summed E-state index contributed by atoms with van der Waals surface area (Å²) in [5.74, 6) is 0.181. The fourth-order valence-corrected chi connectivity index (χ4v) is 2.79. The zero-order valence-electron chi connectivity index (χ0n) is 17.9. The molecule has 1 saturated heterocycles. The molecule has 0 radical (unpaired) electrons. The Kier molecular flexibility index (Phi) is 8.87. The summed E-state index contributed by atoms with van der Waals surface area (Å²) in [6.45, 7) is 11.4. The van der Waals surface area contributed by atoms with Gasteiger partial charge in [0.1, 0.15) is 24.3 Å². The Morgan fingerprint density at radius 1 is 1.32 bits per heavy atom. The second kappa shape index (κ2) is 10.4. The van der Waals surface area contributed by atoms with Crippen LogP contribution in [0.15, 0.2) is 9.98 Å². The van der Waals surface area contributed by atoms with Crippen molar-refractivity contribution in [2.45, 2.75) is 59.3 Å². The number of hydrogen-bond donors (Lipinski definition) is 2. The molecule has 28 heavy (non-hydrogen) atoms. The number of primary amides is 1. The highest BCUT2D eigenvalue weighted by atomic mass is 16.6. The number of nitrogens with one attached hydrogen (secondary N) is 1. The molecule has 0 spiro atoms. The predicted octanol–water partition coefficient (Wildman–Crippen LogP) is 1.56. The summed E-state index contributed by atoms with van der Waals surface area (Å²) >= 11 is 0. The van der Waals surface area contributed by atoms with Gasteiger partial charge in [-0.05, 0) is 46.0 Å². The number of aliphatic imine (C=N–C) groups is 2. The molecular formula is C19H35N5O4. The zero-order chi connectivity index (χ0) is 21.4. The molecule has 1 aliphatic rings. The fraction of sp³-hybridized carbons (Fsp3) is 0.789. The van der Waals surface area contributed by atoms with Gasteiger partial charge in [0.2, 0.25) is 5.91 Å². The predicted molar refractivity (Wildman–Crippen MR) is 110 cm³/mol. The minimum absolute atomic E-state index is 0.0179. The molecule has 1 rings (SSSR count). The number of alkyl carbamates (subject to hydrolysis) is 1. The van der Waals surface area contributed by atoms with Gasteiger partial charge in [-0.3, -0.25) is 9.79 Å². The van der Waals surface area contributed by atoms with E-state index in [0.717, 1.165) is 25.9 Å². The minimum atomic E-state index is -0.529. The van der Waals surface area contributed by atoms with E-state index >= 15 is 0 Å². The summed E-state index contributed by atoms with van der Waals surface area (Å²) in [6, 6.07) is 0. The molecule has 0 bridgehead atoms. The van der Waals surface area contributed by atoms with E-state index in [9.17, 15) is 9.59 Å². The average Bonchev–Trinajstić information content (AvgIpc) is 2.57. The highest BCUT2D eigenvalue weighted by Gasteiger charge is 2.32. The Morgan fingerprint density at radius 3 is 2.43 bits per heavy atom. The molecule has 9 nitrogen and oxygen atoms in total. The third-order valence-electron chi connectivity index (χ3n) is 4.38. The smallest absolute Gasteiger partial charge is 0.407 e. The highest BCUT2D eigenvalue weighted by molar-refractivity contribution is 6.29. The summed E-state index contributed by atoms with van der Waals surface area (Å²) in [7, 11) is 1.68. The van der Waals surface area contributed by atoms with Gasteiger partial charge in [0.25, 0.3) is 0 Å². The quantitative estimate of drug-likeness (QED) is 0.499. The topological polar surface area (TPSA) is 119 Å². The van der Waals surface area contributed by atoms with Crippen molar-refractivity contribution in [1.82, 2.24) is 10.2 Å². The first-order valence-electron chi connectivity index (χ1n) is 9.56. The highest BCUT2D eigenvalue weighted by Crippen LogP contribution is 2.30. The summed E-state index contributed by atoms with van der Waals surface area (Å²) in [4.78, 5) is 33.5. The monoisotopic (exact) mass is 397 g/mol. The zero-order valence-corrected chi connectivity index (χ0v) is 17.9. The van der Waals surface area contributed by atoms with Crippen LogP contribution in [-0.2, 0) is 14.3 Å². The lowest BCUT2D eigenvalue weighted by Gasteiger charge is -2.40. The molecule has 9 heteroatoms. The minimum Gasteiger partial charge on any atom is -0.444 e. The number of likely N-dealkylation sites (tertiary alicyclic amines) is 1. The van der Waals surface area contributed by atoms with Crippen LogP contribution in [0.25, 0.3) is 0 Å². The molecule has 0 aliphatic carbocycles. The Bertz CT molecular complexity index is 590. The largest absolute Gasteiger partial charge is 0.444 e. The molecular weight excluding hydrogens is 362 g/mol. The summed E-state index contributed by atoms with van der Waals surface area (Å²) in [6.07, 6.45) is 2.57. The van der Waals surface area contributed by atoms with Gasteiger partial charge in [-0.2, -0.15) is 0 Å². The molecule has 1 aliphatic heterocycles. The van der Waals surface area contributed by atoms with E-state index in [1.54, 1.807) is 20.2 Å². The first-order chi connectivity index (χ1) is 12.9. The van der Waals surface area contributed by atoms with Crippen molar-refractivity contribution in [1.29, 1.82) is 0 Å². The number of ether oxygens (including phenoxy) is 2. The van der Waals surface area contributed by atoms with Gasteiger partial charge in [-0.1, -0.05) is 6.92 Å². The second-order valence-electron chi connectivity index (χ2n) is 8.40. The number of nitrogens with zero attached hydrogens (tertiary/aromatic N) is 3. The van der Waals surface area contributed by atoms with Crippen LogP contribution in [0.1, 0.15) is 47.5 Å². The van der Waals surface area contributed by atoms with Gasteiger partial charge >= 0.3 is 6.09 Å². The molecule has 0 aromatic carbocycles. The van der Waals surface area contributed by atoms with Crippen molar-refractivity contribution in [2.75, 3.05) is 33.3 Å². The molecule has 3 N–H and O–H groups in total. The van der Waals surface area contributed by atoms with Crippen LogP contribution < -0.4 is 11.1 Å². The maximum atomic E-state index is 11.9. The van der Waals surface area contributed by atoms with Crippen molar-refractivity contribution in [3.05, 3.63) is 0 Å². The summed E-state index contributed by atoms with van der Waals surface area (Å²) in [5, 5.41) is 2.88. The van der Waals surface area contributed by atoms with Crippen LogP contribution in [0.5, 0.6) is 0 Å². The fourth-order valence-electron chi connectivity index (χ4n) is 2.79. The van der Waals surface area contributed by atoms with Crippen molar-refractivity contribution in [3.8, 4) is 0 Å². The van der Waals surface area contributed by atoms with E-state index in [0.29, 0.717) is 12.4 Å². The lowest BCUT2D eigenvalue weighted by molar-refractivity contribution is -0.124. The number of piperidine rings is 1. The first kappa shape index (κ1) is 23.9.